The van der Waals surface area contributed by atoms with Crippen molar-refractivity contribution in [3.8, 4) is 0 Å². The minimum absolute atomic E-state index is 0.142. The summed E-state index contributed by atoms with van der Waals surface area (Å²) in [5, 5.41) is 0. The quantitative estimate of drug-likeness (QED) is 0.529. The minimum Gasteiger partial charge on any atom is -0.493 e. The van der Waals surface area contributed by atoms with Crippen LogP contribution >= 0.6 is 0 Å². The van der Waals surface area contributed by atoms with Crippen molar-refractivity contribution in [3.63, 3.8) is 0 Å². The fourth-order valence-corrected chi connectivity index (χ4v) is 0.930. The van der Waals surface area contributed by atoms with E-state index in [9.17, 15) is 4.79 Å². The van der Waals surface area contributed by atoms with E-state index in [1.165, 1.54) is 7.11 Å². The first kappa shape index (κ1) is 6.33. The summed E-state index contributed by atoms with van der Waals surface area (Å²) in [5.41, 5.74) is 0. The molecule has 0 bridgehead atoms. The molecule has 2 nitrogen and oxygen atoms in total. The van der Waals surface area contributed by atoms with Crippen LogP contribution in [0, 0.1) is 0 Å². The molecule has 0 spiro atoms. The van der Waals surface area contributed by atoms with Crippen molar-refractivity contribution < 1.29 is 9.53 Å². The summed E-state index contributed by atoms with van der Waals surface area (Å²) in [4.78, 5) is 10.8. The second kappa shape index (κ2) is 2.67. The topological polar surface area (TPSA) is 26.3 Å². The molecule has 2 heteroatoms. The SMILES string of the molecule is COC1=CCCCC1=O. The van der Waals surface area contributed by atoms with Crippen LogP contribution in [0.1, 0.15) is 19.3 Å². The zero-order valence-corrected chi connectivity index (χ0v) is 5.52. The maximum atomic E-state index is 10.8. The zero-order chi connectivity index (χ0) is 6.69. The maximum absolute atomic E-state index is 10.8. The number of ether oxygens (including phenoxy) is 1. The molecule has 1 rings (SSSR count). The average molecular weight is 126 g/mol. The highest BCUT2D eigenvalue weighted by Crippen LogP contribution is 2.13. The van der Waals surface area contributed by atoms with Crippen LogP contribution in [0.4, 0.5) is 0 Å². The molecule has 1 aliphatic rings. The third-order valence-corrected chi connectivity index (χ3v) is 1.43. The van der Waals surface area contributed by atoms with E-state index in [-0.39, 0.29) is 5.78 Å². The monoisotopic (exact) mass is 126 g/mol. The van der Waals surface area contributed by atoms with Crippen molar-refractivity contribution >= 4 is 5.78 Å². The lowest BCUT2D eigenvalue weighted by atomic mass is 10.1. The molecule has 0 aromatic carbocycles. The van der Waals surface area contributed by atoms with Gasteiger partial charge in [-0.1, -0.05) is 0 Å². The molecular weight excluding hydrogens is 116 g/mol. The van der Waals surface area contributed by atoms with Gasteiger partial charge in [0.1, 0.15) is 0 Å². The molecule has 0 unspecified atom stereocenters. The van der Waals surface area contributed by atoms with Gasteiger partial charge in [0.2, 0.25) is 0 Å². The molecule has 0 heterocycles. The van der Waals surface area contributed by atoms with E-state index in [1.807, 2.05) is 6.08 Å². The molecule has 0 aromatic rings. The Morgan fingerprint density at radius 3 is 2.89 bits per heavy atom. The fraction of sp³-hybridized carbons (Fsp3) is 0.571. The minimum atomic E-state index is 0.142. The third kappa shape index (κ3) is 1.31. The van der Waals surface area contributed by atoms with Gasteiger partial charge in [-0.2, -0.15) is 0 Å². The highest BCUT2D eigenvalue weighted by Gasteiger charge is 2.12. The van der Waals surface area contributed by atoms with E-state index >= 15 is 0 Å². The Morgan fingerprint density at radius 1 is 1.67 bits per heavy atom. The number of Topliss-reactive ketones (excluding diaryl/α,β-unsaturated/α-hetero) is 1. The van der Waals surface area contributed by atoms with Gasteiger partial charge in [-0.15, -0.1) is 0 Å². The molecule has 0 amide bonds. The molecule has 0 saturated carbocycles. The summed E-state index contributed by atoms with van der Waals surface area (Å²) in [7, 11) is 1.54. The van der Waals surface area contributed by atoms with Gasteiger partial charge in [-0.25, -0.2) is 0 Å². The molecule has 0 aliphatic heterocycles. The van der Waals surface area contributed by atoms with Crippen molar-refractivity contribution in [1.29, 1.82) is 0 Å². The molecule has 0 aromatic heterocycles. The first-order valence-corrected chi connectivity index (χ1v) is 3.12. The van der Waals surface area contributed by atoms with Gasteiger partial charge in [-0.05, 0) is 18.9 Å². The number of carbonyl (C=O) groups is 1. The van der Waals surface area contributed by atoms with E-state index in [0.29, 0.717) is 12.2 Å². The smallest absolute Gasteiger partial charge is 0.197 e. The Hall–Kier alpha value is -0.790. The van der Waals surface area contributed by atoms with Crippen LogP contribution in [0.25, 0.3) is 0 Å². The predicted molar refractivity (Wildman–Crippen MR) is 33.9 cm³/mol. The Bertz CT molecular complexity index is 147. The Balaban J connectivity index is 2.64. The number of hydrogen-bond donors (Lipinski definition) is 0. The van der Waals surface area contributed by atoms with Gasteiger partial charge in [0.05, 0.1) is 7.11 Å². The summed E-state index contributed by atoms with van der Waals surface area (Å²) in [5.74, 6) is 0.685. The van der Waals surface area contributed by atoms with E-state index in [0.717, 1.165) is 12.8 Å². The van der Waals surface area contributed by atoms with Crippen molar-refractivity contribution in [1.82, 2.24) is 0 Å². The highest BCUT2D eigenvalue weighted by molar-refractivity contribution is 5.93. The number of ketones is 1. The van der Waals surface area contributed by atoms with E-state index < -0.39 is 0 Å². The first-order chi connectivity index (χ1) is 4.34. The Morgan fingerprint density at radius 2 is 2.44 bits per heavy atom. The van der Waals surface area contributed by atoms with Gasteiger partial charge in [0, 0.05) is 6.42 Å². The molecule has 1 aliphatic carbocycles. The summed E-state index contributed by atoms with van der Waals surface area (Å²) < 4.78 is 4.81. The average Bonchev–Trinajstić information content (AvgIpc) is 1.89. The largest absolute Gasteiger partial charge is 0.493 e. The lowest BCUT2D eigenvalue weighted by Gasteiger charge is -2.08. The first-order valence-electron chi connectivity index (χ1n) is 3.12. The Labute approximate surface area is 54.5 Å². The third-order valence-electron chi connectivity index (χ3n) is 1.43. The Kier molecular flexibility index (Phi) is 1.88. The van der Waals surface area contributed by atoms with Crippen molar-refractivity contribution in [2.75, 3.05) is 7.11 Å². The van der Waals surface area contributed by atoms with Crippen LogP contribution in [-0.2, 0) is 9.53 Å². The zero-order valence-electron chi connectivity index (χ0n) is 5.52. The summed E-state index contributed by atoms with van der Waals surface area (Å²) >= 11 is 0. The number of rotatable bonds is 1. The number of allylic oxidation sites excluding steroid dienone is 2. The van der Waals surface area contributed by atoms with Crippen molar-refractivity contribution in [3.05, 3.63) is 11.8 Å². The summed E-state index contributed by atoms with van der Waals surface area (Å²) in [6, 6.07) is 0. The van der Waals surface area contributed by atoms with Crippen LogP contribution in [0.15, 0.2) is 11.8 Å². The van der Waals surface area contributed by atoms with Crippen LogP contribution in [0.2, 0.25) is 0 Å². The van der Waals surface area contributed by atoms with Gasteiger partial charge in [0.25, 0.3) is 0 Å². The summed E-state index contributed by atoms with van der Waals surface area (Å²) in [6.07, 6.45) is 4.46. The van der Waals surface area contributed by atoms with Gasteiger partial charge in [0.15, 0.2) is 11.5 Å². The second-order valence-electron chi connectivity index (χ2n) is 2.09. The van der Waals surface area contributed by atoms with Gasteiger partial charge >= 0.3 is 0 Å². The fourth-order valence-electron chi connectivity index (χ4n) is 0.930. The van der Waals surface area contributed by atoms with E-state index in [2.05, 4.69) is 0 Å². The lowest BCUT2D eigenvalue weighted by molar-refractivity contribution is -0.118. The summed E-state index contributed by atoms with van der Waals surface area (Å²) in [6.45, 7) is 0. The van der Waals surface area contributed by atoms with Crippen LogP contribution in [-0.4, -0.2) is 12.9 Å². The molecule has 0 saturated heterocycles. The lowest BCUT2D eigenvalue weighted by Crippen LogP contribution is -2.07. The number of carbonyl (C=O) groups excluding carboxylic acids is 1. The highest BCUT2D eigenvalue weighted by atomic mass is 16.5. The van der Waals surface area contributed by atoms with Crippen molar-refractivity contribution in [2.24, 2.45) is 0 Å². The predicted octanol–water partition coefficient (Wildman–Crippen LogP) is 1.27. The molecule has 0 atom stereocenters. The molecule has 0 N–H and O–H groups in total. The second-order valence-corrected chi connectivity index (χ2v) is 2.09. The molecule has 9 heavy (non-hydrogen) atoms. The molecule has 0 radical (unpaired) electrons. The number of hydrogen-bond acceptors (Lipinski definition) is 2. The van der Waals surface area contributed by atoms with E-state index in [4.69, 9.17) is 4.74 Å². The van der Waals surface area contributed by atoms with Crippen LogP contribution in [0.3, 0.4) is 0 Å². The molecule has 0 fully saturated rings. The van der Waals surface area contributed by atoms with Gasteiger partial charge < -0.3 is 4.74 Å². The van der Waals surface area contributed by atoms with E-state index in [1.54, 1.807) is 0 Å². The standard InChI is InChI=1S/C7H10O2/c1-9-7-5-3-2-4-6(7)8/h5H,2-4H2,1H3. The maximum Gasteiger partial charge on any atom is 0.197 e. The van der Waals surface area contributed by atoms with Crippen LogP contribution < -0.4 is 0 Å². The van der Waals surface area contributed by atoms with Crippen LogP contribution in [0.5, 0.6) is 0 Å². The molecular formula is C7H10O2. The van der Waals surface area contributed by atoms with Gasteiger partial charge in [-0.3, -0.25) is 4.79 Å². The normalized spacial score (nSPS) is 19.2. The van der Waals surface area contributed by atoms with Crippen molar-refractivity contribution in [2.45, 2.75) is 19.3 Å². The number of methoxy groups -OCH3 is 1. The molecule has 50 valence electrons.